The maximum absolute atomic E-state index is 12.7. The number of rotatable bonds is 10. The molecule has 1 N–H and O–H groups in total. The number of Topliss-reactive ketones (excluding diaryl/α,β-unsaturated/α-hetero) is 2. The summed E-state index contributed by atoms with van der Waals surface area (Å²) < 4.78 is 0. The summed E-state index contributed by atoms with van der Waals surface area (Å²) in [6.45, 7) is 7.66. The molecule has 1 aromatic heterocycles. The summed E-state index contributed by atoms with van der Waals surface area (Å²) in [7, 11) is 0. The zero-order chi connectivity index (χ0) is 18.7. The highest BCUT2D eigenvalue weighted by molar-refractivity contribution is 5.87. The SMILES string of the molecule is C=CCCCC(=O)CC[C@@]12C[C@@H](C(=O)Cc3nc(C)ccc3C)N[C@@H]1C2. The molecule has 140 valence electrons. The van der Waals surface area contributed by atoms with Crippen molar-refractivity contribution in [2.75, 3.05) is 0 Å². The Hall–Kier alpha value is -1.81. The monoisotopic (exact) mass is 354 g/mol. The summed E-state index contributed by atoms with van der Waals surface area (Å²) in [5.41, 5.74) is 3.10. The van der Waals surface area contributed by atoms with E-state index in [4.69, 9.17) is 0 Å². The van der Waals surface area contributed by atoms with Gasteiger partial charge in [-0.3, -0.25) is 14.6 Å². The fourth-order valence-corrected chi connectivity index (χ4v) is 4.21. The maximum atomic E-state index is 12.7. The Kier molecular flexibility index (Phi) is 5.71. The van der Waals surface area contributed by atoms with Crippen molar-refractivity contribution in [3.63, 3.8) is 0 Å². The van der Waals surface area contributed by atoms with Crippen LogP contribution in [0.4, 0.5) is 0 Å². The number of carbonyl (C=O) groups excluding carboxylic acids is 2. The molecule has 1 aliphatic carbocycles. The Bertz CT molecular complexity index is 712. The predicted octanol–water partition coefficient (Wildman–Crippen LogP) is 3.64. The first-order chi connectivity index (χ1) is 12.4. The van der Waals surface area contributed by atoms with Crippen LogP contribution < -0.4 is 5.32 Å². The Morgan fingerprint density at radius 2 is 2.12 bits per heavy atom. The van der Waals surface area contributed by atoms with Gasteiger partial charge in [0.25, 0.3) is 0 Å². The van der Waals surface area contributed by atoms with Gasteiger partial charge in [-0.15, -0.1) is 6.58 Å². The van der Waals surface area contributed by atoms with Gasteiger partial charge in [-0.05, 0) is 63.0 Å². The summed E-state index contributed by atoms with van der Waals surface area (Å²) in [5, 5.41) is 3.50. The lowest BCUT2D eigenvalue weighted by Gasteiger charge is -2.16. The van der Waals surface area contributed by atoms with Crippen molar-refractivity contribution in [1.29, 1.82) is 0 Å². The summed E-state index contributed by atoms with van der Waals surface area (Å²) in [6.07, 6.45) is 8.28. The van der Waals surface area contributed by atoms with Crippen LogP contribution in [0.3, 0.4) is 0 Å². The summed E-state index contributed by atoms with van der Waals surface area (Å²) in [6, 6.07) is 4.35. The van der Waals surface area contributed by atoms with Crippen molar-refractivity contribution in [2.24, 2.45) is 5.41 Å². The first kappa shape index (κ1) is 19.0. The molecule has 0 radical (unpaired) electrons. The number of unbranched alkanes of at least 4 members (excludes halogenated alkanes) is 1. The molecule has 4 nitrogen and oxygen atoms in total. The van der Waals surface area contributed by atoms with E-state index in [0.717, 1.165) is 49.1 Å². The number of aromatic nitrogens is 1. The van der Waals surface area contributed by atoms with Gasteiger partial charge in [0.2, 0.25) is 0 Å². The van der Waals surface area contributed by atoms with E-state index in [2.05, 4.69) is 16.9 Å². The molecule has 0 amide bonds. The van der Waals surface area contributed by atoms with E-state index in [0.29, 0.717) is 31.1 Å². The second kappa shape index (κ2) is 7.83. The normalized spacial score (nSPS) is 26.4. The minimum atomic E-state index is -0.0775. The average molecular weight is 354 g/mol. The van der Waals surface area contributed by atoms with E-state index in [1.54, 1.807) is 0 Å². The van der Waals surface area contributed by atoms with Crippen LogP contribution in [0, 0.1) is 19.3 Å². The van der Waals surface area contributed by atoms with Gasteiger partial charge in [-0.25, -0.2) is 0 Å². The van der Waals surface area contributed by atoms with E-state index in [1.165, 1.54) is 0 Å². The maximum Gasteiger partial charge on any atom is 0.155 e. The van der Waals surface area contributed by atoms with Gasteiger partial charge in [0.1, 0.15) is 5.78 Å². The van der Waals surface area contributed by atoms with Crippen molar-refractivity contribution < 1.29 is 9.59 Å². The van der Waals surface area contributed by atoms with E-state index >= 15 is 0 Å². The van der Waals surface area contributed by atoms with Gasteiger partial charge in [-0.1, -0.05) is 12.1 Å². The van der Waals surface area contributed by atoms with Crippen LogP contribution >= 0.6 is 0 Å². The molecule has 0 bridgehead atoms. The molecule has 0 unspecified atom stereocenters. The third-order valence-electron chi connectivity index (χ3n) is 6.04. The number of hydrogen-bond acceptors (Lipinski definition) is 4. The van der Waals surface area contributed by atoms with Crippen LogP contribution in [0.25, 0.3) is 0 Å². The zero-order valence-electron chi connectivity index (χ0n) is 16.0. The molecule has 3 rings (SSSR count). The zero-order valence-corrected chi connectivity index (χ0v) is 16.0. The van der Waals surface area contributed by atoms with Gasteiger partial charge in [0.15, 0.2) is 5.78 Å². The number of piperidine rings is 1. The van der Waals surface area contributed by atoms with Crippen LogP contribution in [0.2, 0.25) is 0 Å². The molecule has 26 heavy (non-hydrogen) atoms. The molecular weight excluding hydrogens is 324 g/mol. The highest BCUT2D eigenvalue weighted by atomic mass is 16.1. The van der Waals surface area contributed by atoms with Crippen molar-refractivity contribution in [1.82, 2.24) is 10.3 Å². The van der Waals surface area contributed by atoms with E-state index in [-0.39, 0.29) is 17.2 Å². The number of aryl methyl sites for hydroxylation is 2. The van der Waals surface area contributed by atoms with Crippen molar-refractivity contribution >= 4 is 11.6 Å². The van der Waals surface area contributed by atoms with E-state index < -0.39 is 0 Å². The Morgan fingerprint density at radius 1 is 1.31 bits per heavy atom. The number of allylic oxidation sites excluding steroid dienone is 1. The lowest BCUT2D eigenvalue weighted by atomic mass is 9.90. The second-order valence-electron chi connectivity index (χ2n) is 8.12. The summed E-state index contributed by atoms with van der Waals surface area (Å²) >= 11 is 0. The third-order valence-corrected chi connectivity index (χ3v) is 6.04. The van der Waals surface area contributed by atoms with Gasteiger partial charge >= 0.3 is 0 Å². The number of pyridine rings is 1. The van der Waals surface area contributed by atoms with Crippen molar-refractivity contribution in [3.05, 3.63) is 41.7 Å². The first-order valence-electron chi connectivity index (χ1n) is 9.78. The molecular formula is C22H30N2O2. The van der Waals surface area contributed by atoms with Crippen LogP contribution in [-0.4, -0.2) is 28.6 Å². The lowest BCUT2D eigenvalue weighted by Crippen LogP contribution is -2.35. The Morgan fingerprint density at radius 3 is 2.88 bits per heavy atom. The van der Waals surface area contributed by atoms with Crippen molar-refractivity contribution in [3.8, 4) is 0 Å². The number of ketones is 2. The van der Waals surface area contributed by atoms with Gasteiger partial charge in [0, 0.05) is 24.6 Å². The molecule has 2 fully saturated rings. The Labute approximate surface area is 156 Å². The number of nitrogens with one attached hydrogen (secondary N) is 1. The predicted molar refractivity (Wildman–Crippen MR) is 103 cm³/mol. The molecule has 0 aromatic carbocycles. The highest BCUT2D eigenvalue weighted by Crippen LogP contribution is 2.57. The minimum absolute atomic E-state index is 0.0775. The molecule has 1 aliphatic heterocycles. The quantitative estimate of drug-likeness (QED) is 0.515. The lowest BCUT2D eigenvalue weighted by molar-refractivity contribution is -0.120. The minimum Gasteiger partial charge on any atom is -0.304 e. The van der Waals surface area contributed by atoms with Gasteiger partial charge in [-0.2, -0.15) is 0 Å². The number of hydrogen-bond donors (Lipinski definition) is 1. The van der Waals surface area contributed by atoms with Gasteiger partial charge < -0.3 is 5.32 Å². The van der Waals surface area contributed by atoms with Crippen LogP contribution in [0.1, 0.15) is 61.9 Å². The fourth-order valence-electron chi connectivity index (χ4n) is 4.21. The molecule has 2 aliphatic rings. The standard InChI is InChI=1S/C22H30N2O2/c1-4-5-6-7-17(25)10-11-22-13-19(24-21(22)14-22)20(26)12-18-15(2)8-9-16(3)23-18/h4,8-9,19,21,24H,1,5-7,10-14H2,2-3H3/t19-,21+,22-/m0/s1. The number of nitrogens with zero attached hydrogens (tertiary/aromatic N) is 1. The van der Waals surface area contributed by atoms with Gasteiger partial charge in [0.05, 0.1) is 18.2 Å². The first-order valence-corrected chi connectivity index (χ1v) is 9.78. The molecule has 0 spiro atoms. The molecule has 2 heterocycles. The molecule has 1 saturated carbocycles. The van der Waals surface area contributed by atoms with E-state index in [1.807, 2.05) is 32.1 Å². The Balaban J connectivity index is 1.49. The topological polar surface area (TPSA) is 59.1 Å². The fraction of sp³-hybridized carbons (Fsp3) is 0.591. The number of carbonyl (C=O) groups is 2. The second-order valence-corrected chi connectivity index (χ2v) is 8.12. The summed E-state index contributed by atoms with van der Waals surface area (Å²) in [5.74, 6) is 0.580. The summed E-state index contributed by atoms with van der Waals surface area (Å²) in [4.78, 5) is 29.3. The highest BCUT2D eigenvalue weighted by Gasteiger charge is 2.60. The number of fused-ring (bicyclic) bond motifs is 1. The third kappa shape index (κ3) is 4.29. The smallest absolute Gasteiger partial charge is 0.155 e. The molecule has 3 atom stereocenters. The van der Waals surface area contributed by atoms with Crippen molar-refractivity contribution in [2.45, 2.75) is 77.3 Å². The molecule has 1 saturated heterocycles. The molecule has 1 aromatic rings. The average Bonchev–Trinajstić information content (AvgIpc) is 3.17. The van der Waals surface area contributed by atoms with Crippen LogP contribution in [0.5, 0.6) is 0 Å². The van der Waals surface area contributed by atoms with Crippen LogP contribution in [-0.2, 0) is 16.0 Å². The van der Waals surface area contributed by atoms with Crippen LogP contribution in [0.15, 0.2) is 24.8 Å². The molecule has 4 heteroatoms. The largest absolute Gasteiger partial charge is 0.304 e. The van der Waals surface area contributed by atoms with E-state index in [9.17, 15) is 9.59 Å².